The first-order chi connectivity index (χ1) is 11.1. The number of nitrogens with one attached hydrogen (secondary N) is 2. The molecule has 0 radical (unpaired) electrons. The van der Waals surface area contributed by atoms with Gasteiger partial charge in [-0.25, -0.2) is 13.1 Å². The molecule has 0 bridgehead atoms. The van der Waals surface area contributed by atoms with Gasteiger partial charge in [-0.2, -0.15) is 0 Å². The van der Waals surface area contributed by atoms with Crippen molar-refractivity contribution in [1.82, 2.24) is 4.72 Å². The highest BCUT2D eigenvalue weighted by Crippen LogP contribution is 2.25. The molecule has 2 aromatic rings. The number of benzene rings is 1. The Morgan fingerprint density at radius 1 is 1.12 bits per heavy atom. The van der Waals surface area contributed by atoms with E-state index in [4.69, 9.17) is 4.42 Å². The van der Waals surface area contributed by atoms with E-state index < -0.39 is 21.5 Å². The Morgan fingerprint density at radius 3 is 2.42 bits per heavy atom. The number of furan rings is 1. The van der Waals surface area contributed by atoms with Crippen LogP contribution in [0.3, 0.4) is 0 Å². The molecule has 24 heavy (non-hydrogen) atoms. The van der Waals surface area contributed by atoms with Gasteiger partial charge >= 0.3 is 0 Å². The summed E-state index contributed by atoms with van der Waals surface area (Å²) in [6.07, 6.45) is 1.90. The Balaban J connectivity index is 2.20. The van der Waals surface area contributed by atoms with E-state index in [9.17, 15) is 13.2 Å². The number of hydrogen-bond acceptors (Lipinski definition) is 5. The summed E-state index contributed by atoms with van der Waals surface area (Å²) in [4.78, 5) is 13.2. The van der Waals surface area contributed by atoms with Gasteiger partial charge < -0.3 is 9.73 Å². The standard InChI is InChI=1S/C16H20N2O4S2/c1-16(2,3)18-24(20,21)14-10-9-12(22-14)15(19)17-11-7-5-6-8-13(11)23-4/h5-10,18H,1-4H3,(H,17,19). The van der Waals surface area contributed by atoms with Gasteiger partial charge in [0.1, 0.15) is 0 Å². The Kier molecular flexibility index (Phi) is 5.42. The Morgan fingerprint density at radius 2 is 1.79 bits per heavy atom. The van der Waals surface area contributed by atoms with E-state index in [0.717, 1.165) is 4.90 Å². The van der Waals surface area contributed by atoms with Crippen LogP contribution in [0.4, 0.5) is 5.69 Å². The fourth-order valence-corrected chi connectivity index (χ4v) is 3.88. The molecular formula is C16H20N2O4S2. The van der Waals surface area contributed by atoms with Crippen molar-refractivity contribution in [2.24, 2.45) is 0 Å². The van der Waals surface area contributed by atoms with Crippen LogP contribution < -0.4 is 10.0 Å². The number of anilines is 1. The quantitative estimate of drug-likeness (QED) is 0.790. The first-order valence-electron chi connectivity index (χ1n) is 7.20. The second-order valence-electron chi connectivity index (χ2n) is 6.13. The summed E-state index contributed by atoms with van der Waals surface area (Å²) in [5.41, 5.74) is -0.00524. The average Bonchev–Trinajstić information content (AvgIpc) is 2.96. The molecule has 0 fully saturated rings. The number of hydrogen-bond donors (Lipinski definition) is 2. The lowest BCUT2D eigenvalue weighted by Crippen LogP contribution is -2.40. The smallest absolute Gasteiger partial charge is 0.291 e. The molecule has 0 saturated heterocycles. The van der Waals surface area contributed by atoms with Gasteiger partial charge in [-0.05, 0) is 51.3 Å². The maximum atomic E-state index is 12.3. The zero-order valence-electron chi connectivity index (χ0n) is 13.9. The molecule has 0 atom stereocenters. The third kappa shape index (κ3) is 4.62. The van der Waals surface area contributed by atoms with Gasteiger partial charge in [0.2, 0.25) is 5.09 Å². The van der Waals surface area contributed by atoms with Gasteiger partial charge in [-0.3, -0.25) is 4.79 Å². The average molecular weight is 368 g/mol. The SMILES string of the molecule is CSc1ccccc1NC(=O)c1ccc(S(=O)(=O)NC(C)(C)C)o1. The van der Waals surface area contributed by atoms with Crippen LogP contribution in [-0.4, -0.2) is 26.1 Å². The summed E-state index contributed by atoms with van der Waals surface area (Å²) >= 11 is 1.50. The predicted octanol–water partition coefficient (Wildman–Crippen LogP) is 3.33. The summed E-state index contributed by atoms with van der Waals surface area (Å²) in [6.45, 7) is 5.17. The van der Waals surface area contributed by atoms with Crippen LogP contribution in [0.2, 0.25) is 0 Å². The lowest BCUT2D eigenvalue weighted by Gasteiger charge is -2.18. The van der Waals surface area contributed by atoms with Crippen LogP contribution in [0.5, 0.6) is 0 Å². The first-order valence-corrected chi connectivity index (χ1v) is 9.91. The number of sulfonamides is 1. The fourth-order valence-electron chi connectivity index (χ4n) is 1.97. The van der Waals surface area contributed by atoms with Crippen LogP contribution in [-0.2, 0) is 10.0 Å². The molecule has 8 heteroatoms. The van der Waals surface area contributed by atoms with E-state index >= 15 is 0 Å². The van der Waals surface area contributed by atoms with E-state index in [1.807, 2.05) is 18.4 Å². The predicted molar refractivity (Wildman–Crippen MR) is 95.0 cm³/mol. The van der Waals surface area contributed by atoms with Crippen molar-refractivity contribution in [2.75, 3.05) is 11.6 Å². The van der Waals surface area contributed by atoms with Crippen molar-refractivity contribution in [3.05, 3.63) is 42.2 Å². The molecule has 2 rings (SSSR count). The first kappa shape index (κ1) is 18.6. The number of rotatable bonds is 5. The van der Waals surface area contributed by atoms with Crippen LogP contribution in [0.25, 0.3) is 0 Å². The molecule has 1 amide bonds. The number of carbonyl (C=O) groups is 1. The zero-order valence-corrected chi connectivity index (χ0v) is 15.5. The maximum absolute atomic E-state index is 12.3. The molecule has 0 unspecified atom stereocenters. The van der Waals surface area contributed by atoms with Crippen LogP contribution in [0.1, 0.15) is 31.3 Å². The van der Waals surface area contributed by atoms with E-state index in [0.29, 0.717) is 5.69 Å². The molecule has 2 N–H and O–H groups in total. The van der Waals surface area contributed by atoms with Crippen molar-refractivity contribution < 1.29 is 17.6 Å². The lowest BCUT2D eigenvalue weighted by atomic mass is 10.1. The highest BCUT2D eigenvalue weighted by Gasteiger charge is 2.26. The van der Waals surface area contributed by atoms with Crippen LogP contribution in [0.15, 0.2) is 50.8 Å². The third-order valence-corrected chi connectivity index (χ3v) is 5.29. The largest absolute Gasteiger partial charge is 0.438 e. The molecule has 1 aromatic heterocycles. The van der Waals surface area contributed by atoms with Gasteiger partial charge in [0.15, 0.2) is 5.76 Å². The normalized spacial score (nSPS) is 12.2. The zero-order chi connectivity index (χ0) is 18.0. The Bertz CT molecular complexity index is 836. The Labute approximate surface area is 146 Å². The molecular weight excluding hydrogens is 348 g/mol. The summed E-state index contributed by atoms with van der Waals surface area (Å²) < 4.78 is 32.1. The van der Waals surface area contributed by atoms with Crippen LogP contribution >= 0.6 is 11.8 Å². The fraction of sp³-hybridized carbons (Fsp3) is 0.312. The number of carbonyl (C=O) groups excluding carboxylic acids is 1. The van der Waals surface area contributed by atoms with E-state index in [1.54, 1.807) is 32.9 Å². The van der Waals surface area contributed by atoms with Gasteiger partial charge in [0, 0.05) is 10.4 Å². The van der Waals surface area contributed by atoms with Crippen molar-refractivity contribution in [3.8, 4) is 0 Å². The minimum Gasteiger partial charge on any atom is -0.438 e. The minimum absolute atomic E-state index is 0.0693. The van der Waals surface area contributed by atoms with Gasteiger partial charge in [-0.1, -0.05) is 12.1 Å². The highest BCUT2D eigenvalue weighted by molar-refractivity contribution is 7.98. The Hall–Kier alpha value is -1.77. The summed E-state index contributed by atoms with van der Waals surface area (Å²) in [7, 11) is -3.82. The lowest BCUT2D eigenvalue weighted by molar-refractivity contribution is 0.0991. The molecule has 0 aliphatic rings. The summed E-state index contributed by atoms with van der Waals surface area (Å²) in [6, 6.07) is 9.94. The molecule has 130 valence electrons. The van der Waals surface area contributed by atoms with Gasteiger partial charge in [-0.15, -0.1) is 11.8 Å². The summed E-state index contributed by atoms with van der Waals surface area (Å²) in [5.74, 6) is -0.575. The molecule has 0 aliphatic heterocycles. The topological polar surface area (TPSA) is 88.4 Å². The summed E-state index contributed by atoms with van der Waals surface area (Å²) in [5, 5.41) is 2.43. The van der Waals surface area contributed by atoms with Gasteiger partial charge in [0.25, 0.3) is 15.9 Å². The minimum atomic E-state index is -3.82. The molecule has 6 nitrogen and oxygen atoms in total. The van der Waals surface area contributed by atoms with Crippen molar-refractivity contribution in [1.29, 1.82) is 0 Å². The van der Waals surface area contributed by atoms with Crippen molar-refractivity contribution in [2.45, 2.75) is 36.3 Å². The molecule has 1 aromatic carbocycles. The van der Waals surface area contributed by atoms with Crippen molar-refractivity contribution in [3.63, 3.8) is 0 Å². The van der Waals surface area contributed by atoms with E-state index in [1.165, 1.54) is 23.9 Å². The van der Waals surface area contributed by atoms with Crippen molar-refractivity contribution >= 4 is 33.4 Å². The molecule has 0 saturated carbocycles. The monoisotopic (exact) mass is 368 g/mol. The third-order valence-electron chi connectivity index (χ3n) is 2.87. The second-order valence-corrected chi connectivity index (χ2v) is 8.59. The second kappa shape index (κ2) is 7.00. The molecule has 1 heterocycles. The van der Waals surface area contributed by atoms with Gasteiger partial charge in [0.05, 0.1) is 5.69 Å². The molecule has 0 spiro atoms. The number of amides is 1. The molecule has 0 aliphatic carbocycles. The van der Waals surface area contributed by atoms with E-state index in [-0.39, 0.29) is 10.9 Å². The maximum Gasteiger partial charge on any atom is 0.291 e. The number of para-hydroxylation sites is 1. The highest BCUT2D eigenvalue weighted by atomic mass is 32.2. The van der Waals surface area contributed by atoms with Crippen LogP contribution in [0, 0.1) is 0 Å². The van der Waals surface area contributed by atoms with E-state index in [2.05, 4.69) is 10.0 Å². The number of thioether (sulfide) groups is 1.